The van der Waals surface area contributed by atoms with Crippen molar-refractivity contribution in [3.8, 4) is 5.75 Å². The minimum absolute atomic E-state index is 0.141. The number of benzene rings is 2. The van der Waals surface area contributed by atoms with Crippen LogP contribution in [0, 0.1) is 6.92 Å². The summed E-state index contributed by atoms with van der Waals surface area (Å²) in [6.45, 7) is 1.57. The van der Waals surface area contributed by atoms with Gasteiger partial charge in [0.15, 0.2) is 11.0 Å². The van der Waals surface area contributed by atoms with Gasteiger partial charge >= 0.3 is 0 Å². The van der Waals surface area contributed by atoms with Gasteiger partial charge in [0.05, 0.1) is 19.5 Å². The smallest absolute Gasteiger partial charge is 0.251 e. The number of methoxy groups -OCH3 is 1. The van der Waals surface area contributed by atoms with Crippen LogP contribution in [0.1, 0.15) is 27.8 Å². The van der Waals surface area contributed by atoms with Gasteiger partial charge in [0, 0.05) is 18.3 Å². The molecule has 0 fully saturated rings. The number of amides is 2. The number of aromatic nitrogens is 3. The molecule has 10 heteroatoms. The van der Waals surface area contributed by atoms with E-state index in [0.717, 1.165) is 11.3 Å². The van der Waals surface area contributed by atoms with Crippen molar-refractivity contribution in [2.24, 2.45) is 7.05 Å². The molecule has 0 aliphatic rings. The molecule has 0 radical (unpaired) electrons. The quantitative estimate of drug-likeness (QED) is 0.424. The molecule has 2 aromatic carbocycles. The number of rotatable bonds is 9. The van der Waals surface area contributed by atoms with E-state index in [-0.39, 0.29) is 24.2 Å². The van der Waals surface area contributed by atoms with E-state index in [2.05, 4.69) is 20.8 Å². The summed E-state index contributed by atoms with van der Waals surface area (Å²) in [6, 6.07) is 13.4. The summed E-state index contributed by atoms with van der Waals surface area (Å²) in [5.41, 5.74) is 2.16. The number of aliphatic hydroxyl groups is 1. The number of hydrogen-bond acceptors (Lipinski definition) is 7. The fourth-order valence-electron chi connectivity index (χ4n) is 2.96. The zero-order valence-corrected chi connectivity index (χ0v) is 18.8. The molecule has 0 saturated carbocycles. The number of hydrogen-bond donors (Lipinski definition) is 3. The average Bonchev–Trinajstić information content (AvgIpc) is 3.17. The lowest BCUT2D eigenvalue weighted by molar-refractivity contribution is -0.113. The van der Waals surface area contributed by atoms with Crippen molar-refractivity contribution in [3.05, 3.63) is 65.5 Å². The van der Waals surface area contributed by atoms with Gasteiger partial charge < -0.3 is 25.0 Å². The summed E-state index contributed by atoms with van der Waals surface area (Å²) >= 11 is 1.22. The Labute approximate surface area is 190 Å². The minimum Gasteiger partial charge on any atom is -0.497 e. The molecule has 2 amide bonds. The van der Waals surface area contributed by atoms with Gasteiger partial charge in [0.1, 0.15) is 11.8 Å². The highest BCUT2D eigenvalue weighted by Gasteiger charge is 2.22. The Morgan fingerprint density at radius 1 is 1.16 bits per heavy atom. The first-order valence-electron chi connectivity index (χ1n) is 9.86. The molecule has 3 aromatic rings. The van der Waals surface area contributed by atoms with Crippen molar-refractivity contribution in [1.82, 2.24) is 20.1 Å². The first-order valence-corrected chi connectivity index (χ1v) is 10.8. The summed E-state index contributed by atoms with van der Waals surface area (Å²) < 4.78 is 6.75. The maximum atomic E-state index is 12.5. The number of aryl methyl sites for hydroxylation is 1. The SMILES string of the molecule is COc1ccc(C(=O)NC(CO)c2nnc(SCC(=O)Nc3ccccc3C)n2C)cc1. The fourth-order valence-corrected chi connectivity index (χ4v) is 3.68. The summed E-state index contributed by atoms with van der Waals surface area (Å²) in [7, 11) is 3.27. The van der Waals surface area contributed by atoms with Crippen LogP contribution in [0.3, 0.4) is 0 Å². The van der Waals surface area contributed by atoms with Crippen molar-refractivity contribution in [2.75, 3.05) is 24.8 Å². The number of para-hydroxylation sites is 1. The summed E-state index contributed by atoms with van der Waals surface area (Å²) in [5.74, 6) is 0.641. The molecule has 3 rings (SSSR count). The van der Waals surface area contributed by atoms with Gasteiger partial charge in [0.2, 0.25) is 5.91 Å². The zero-order chi connectivity index (χ0) is 23.1. The zero-order valence-electron chi connectivity index (χ0n) is 18.0. The van der Waals surface area contributed by atoms with Crippen molar-refractivity contribution in [2.45, 2.75) is 18.1 Å². The molecule has 0 aliphatic carbocycles. The van der Waals surface area contributed by atoms with Crippen LogP contribution in [-0.2, 0) is 11.8 Å². The molecule has 0 bridgehead atoms. The Kier molecular flexibility index (Phi) is 7.85. The molecular weight excluding hydrogens is 430 g/mol. The monoisotopic (exact) mass is 455 g/mol. The maximum Gasteiger partial charge on any atom is 0.251 e. The molecule has 0 saturated heterocycles. The maximum absolute atomic E-state index is 12.5. The number of ether oxygens (including phenoxy) is 1. The fraction of sp³-hybridized carbons (Fsp3) is 0.273. The van der Waals surface area contributed by atoms with Gasteiger partial charge in [-0.2, -0.15) is 0 Å². The van der Waals surface area contributed by atoms with Gasteiger partial charge in [0.25, 0.3) is 5.91 Å². The van der Waals surface area contributed by atoms with E-state index >= 15 is 0 Å². The lowest BCUT2D eigenvalue weighted by Gasteiger charge is -2.16. The second-order valence-electron chi connectivity index (χ2n) is 6.99. The molecule has 0 aliphatic heterocycles. The lowest BCUT2D eigenvalue weighted by atomic mass is 10.2. The predicted octanol–water partition coefficient (Wildman–Crippen LogP) is 2.33. The molecule has 32 heavy (non-hydrogen) atoms. The highest BCUT2D eigenvalue weighted by Crippen LogP contribution is 2.21. The lowest BCUT2D eigenvalue weighted by Crippen LogP contribution is -2.32. The van der Waals surface area contributed by atoms with Crippen LogP contribution in [-0.4, -0.2) is 51.2 Å². The summed E-state index contributed by atoms with van der Waals surface area (Å²) in [6.07, 6.45) is 0. The number of anilines is 1. The second kappa shape index (κ2) is 10.8. The van der Waals surface area contributed by atoms with E-state index in [4.69, 9.17) is 4.74 Å². The average molecular weight is 456 g/mol. The number of thioether (sulfide) groups is 1. The third-order valence-corrected chi connectivity index (χ3v) is 5.79. The Morgan fingerprint density at radius 3 is 2.53 bits per heavy atom. The van der Waals surface area contributed by atoms with E-state index < -0.39 is 6.04 Å². The van der Waals surface area contributed by atoms with Crippen LogP contribution in [0.5, 0.6) is 5.75 Å². The first-order chi connectivity index (χ1) is 15.4. The van der Waals surface area contributed by atoms with Crippen molar-refractivity contribution in [3.63, 3.8) is 0 Å². The van der Waals surface area contributed by atoms with Crippen LogP contribution in [0.4, 0.5) is 5.69 Å². The molecular formula is C22H25N5O4S. The van der Waals surface area contributed by atoms with Crippen LogP contribution in [0.25, 0.3) is 0 Å². The molecule has 1 unspecified atom stereocenters. The Bertz CT molecular complexity index is 1080. The Balaban J connectivity index is 1.62. The molecule has 1 heterocycles. The third kappa shape index (κ3) is 5.65. The normalized spacial score (nSPS) is 11.6. The summed E-state index contributed by atoms with van der Waals surface area (Å²) in [4.78, 5) is 24.8. The van der Waals surface area contributed by atoms with E-state index in [9.17, 15) is 14.7 Å². The van der Waals surface area contributed by atoms with Crippen LogP contribution in [0.2, 0.25) is 0 Å². The van der Waals surface area contributed by atoms with Crippen molar-refractivity contribution < 1.29 is 19.4 Å². The molecule has 168 valence electrons. The molecule has 1 aromatic heterocycles. The summed E-state index contributed by atoms with van der Waals surface area (Å²) in [5, 5.41) is 24.1. The van der Waals surface area contributed by atoms with Crippen LogP contribution >= 0.6 is 11.8 Å². The van der Waals surface area contributed by atoms with Gasteiger partial charge in [-0.25, -0.2) is 0 Å². The third-order valence-electron chi connectivity index (χ3n) is 4.77. The van der Waals surface area contributed by atoms with Gasteiger partial charge in [-0.15, -0.1) is 10.2 Å². The van der Waals surface area contributed by atoms with Crippen LogP contribution < -0.4 is 15.4 Å². The highest BCUT2D eigenvalue weighted by atomic mass is 32.2. The Hall–Kier alpha value is -3.37. The van der Waals surface area contributed by atoms with Gasteiger partial charge in [-0.3, -0.25) is 9.59 Å². The van der Waals surface area contributed by atoms with Gasteiger partial charge in [-0.1, -0.05) is 30.0 Å². The van der Waals surface area contributed by atoms with Gasteiger partial charge in [-0.05, 0) is 42.8 Å². The topological polar surface area (TPSA) is 118 Å². The predicted molar refractivity (Wildman–Crippen MR) is 122 cm³/mol. The van der Waals surface area contributed by atoms with Crippen LogP contribution in [0.15, 0.2) is 53.7 Å². The molecule has 9 nitrogen and oxygen atoms in total. The molecule has 1 atom stereocenters. The molecule has 0 spiro atoms. The second-order valence-corrected chi connectivity index (χ2v) is 7.93. The number of aliphatic hydroxyl groups excluding tert-OH is 1. The number of nitrogens with one attached hydrogen (secondary N) is 2. The van der Waals surface area contributed by atoms with Crippen molar-refractivity contribution >= 4 is 29.3 Å². The first kappa shape index (κ1) is 23.3. The Morgan fingerprint density at radius 2 is 1.88 bits per heavy atom. The standard InChI is InChI=1S/C22H25N5O4S/c1-14-6-4-5-7-17(14)23-19(29)13-32-22-26-25-20(27(22)2)18(12-28)24-21(30)15-8-10-16(31-3)11-9-15/h4-11,18,28H,12-13H2,1-3H3,(H,23,29)(H,24,30). The molecule has 3 N–H and O–H groups in total. The number of nitrogens with zero attached hydrogens (tertiary/aromatic N) is 3. The van der Waals surface area contributed by atoms with E-state index in [0.29, 0.717) is 22.3 Å². The van der Waals surface area contributed by atoms with Crippen molar-refractivity contribution in [1.29, 1.82) is 0 Å². The van der Waals surface area contributed by atoms with E-state index in [1.165, 1.54) is 11.8 Å². The number of carbonyl (C=O) groups is 2. The van der Waals surface area contributed by atoms with E-state index in [1.807, 2.05) is 31.2 Å². The number of carbonyl (C=O) groups excluding carboxylic acids is 2. The van der Waals surface area contributed by atoms with E-state index in [1.54, 1.807) is 43.0 Å². The highest BCUT2D eigenvalue weighted by molar-refractivity contribution is 7.99. The minimum atomic E-state index is -0.753. The largest absolute Gasteiger partial charge is 0.497 e.